The molecule has 4 rings (SSSR count). The molecule has 0 spiro atoms. The normalized spacial score (nSPS) is 18.7. The molecular formula is C24H31N3O4. The standard InChI is InChI=1S/C24H31N3O4/c28-23(26-20-10-15-29-16-11-20)18-27-13-4-1-5-14-30-21-8-2-3-9-22(21)31-24-19(17-27)7-6-12-25-24/h2-3,6-9,12,20H,1,4-5,10-11,13-18H2,(H,26,28). The van der Waals surface area contributed by atoms with Crippen LogP contribution in [0, 0.1) is 0 Å². The SMILES string of the molecule is O=C(CN1CCCCCOc2ccccc2Oc2ncccc2C1)NC1CCOCC1. The summed E-state index contributed by atoms with van der Waals surface area (Å²) in [6, 6.07) is 11.8. The summed E-state index contributed by atoms with van der Waals surface area (Å²) in [5.74, 6) is 2.00. The molecule has 3 heterocycles. The molecular weight excluding hydrogens is 394 g/mol. The Kier molecular flexibility index (Phi) is 7.74. The molecule has 0 atom stereocenters. The highest BCUT2D eigenvalue weighted by Gasteiger charge is 2.20. The lowest BCUT2D eigenvalue weighted by molar-refractivity contribution is -0.123. The molecule has 1 fully saturated rings. The lowest BCUT2D eigenvalue weighted by atomic mass is 10.1. The van der Waals surface area contributed by atoms with Crippen molar-refractivity contribution in [3.63, 3.8) is 0 Å². The van der Waals surface area contributed by atoms with Gasteiger partial charge in [0.15, 0.2) is 11.5 Å². The lowest BCUT2D eigenvalue weighted by Crippen LogP contribution is -2.44. The number of fused-ring (bicyclic) bond motifs is 2. The minimum absolute atomic E-state index is 0.0660. The van der Waals surface area contributed by atoms with Crippen LogP contribution < -0.4 is 14.8 Å². The van der Waals surface area contributed by atoms with Gasteiger partial charge in [-0.15, -0.1) is 0 Å². The first-order valence-corrected chi connectivity index (χ1v) is 11.2. The van der Waals surface area contributed by atoms with E-state index < -0.39 is 0 Å². The van der Waals surface area contributed by atoms with Crippen LogP contribution in [0.1, 0.15) is 37.7 Å². The maximum absolute atomic E-state index is 12.7. The first-order chi connectivity index (χ1) is 15.3. The third-order valence-corrected chi connectivity index (χ3v) is 5.63. The van der Waals surface area contributed by atoms with Crippen molar-refractivity contribution in [1.29, 1.82) is 0 Å². The van der Waals surface area contributed by atoms with E-state index in [4.69, 9.17) is 14.2 Å². The van der Waals surface area contributed by atoms with Crippen molar-refractivity contribution in [1.82, 2.24) is 15.2 Å². The average molecular weight is 426 g/mol. The van der Waals surface area contributed by atoms with Crippen LogP contribution in [0.25, 0.3) is 0 Å². The van der Waals surface area contributed by atoms with E-state index in [2.05, 4.69) is 15.2 Å². The number of hydrogen-bond donors (Lipinski definition) is 1. The van der Waals surface area contributed by atoms with Gasteiger partial charge in [-0.3, -0.25) is 9.69 Å². The summed E-state index contributed by atoms with van der Waals surface area (Å²) in [4.78, 5) is 19.4. The number of hydrogen-bond acceptors (Lipinski definition) is 6. The van der Waals surface area contributed by atoms with Crippen LogP contribution >= 0.6 is 0 Å². The van der Waals surface area contributed by atoms with Crippen molar-refractivity contribution in [2.45, 2.75) is 44.7 Å². The number of nitrogens with one attached hydrogen (secondary N) is 1. The highest BCUT2D eigenvalue weighted by Crippen LogP contribution is 2.32. The minimum atomic E-state index is 0.0660. The molecule has 2 aliphatic heterocycles. The number of rotatable bonds is 3. The molecule has 0 saturated carbocycles. The molecule has 1 aromatic heterocycles. The maximum Gasteiger partial charge on any atom is 0.234 e. The number of carbonyl (C=O) groups is 1. The molecule has 1 saturated heterocycles. The van der Waals surface area contributed by atoms with Crippen LogP contribution in [0.4, 0.5) is 0 Å². The second-order valence-corrected chi connectivity index (χ2v) is 8.09. The minimum Gasteiger partial charge on any atom is -0.490 e. The van der Waals surface area contributed by atoms with Gasteiger partial charge in [0, 0.05) is 37.6 Å². The molecule has 0 bridgehead atoms. The van der Waals surface area contributed by atoms with E-state index in [9.17, 15) is 4.79 Å². The molecule has 2 aliphatic rings. The fourth-order valence-electron chi connectivity index (χ4n) is 3.96. The highest BCUT2D eigenvalue weighted by molar-refractivity contribution is 5.78. The zero-order chi connectivity index (χ0) is 21.3. The van der Waals surface area contributed by atoms with E-state index in [1.807, 2.05) is 36.4 Å². The van der Waals surface area contributed by atoms with E-state index in [0.29, 0.717) is 44.5 Å². The first-order valence-electron chi connectivity index (χ1n) is 11.2. The smallest absolute Gasteiger partial charge is 0.234 e. The summed E-state index contributed by atoms with van der Waals surface area (Å²) >= 11 is 0. The Morgan fingerprint density at radius 3 is 2.74 bits per heavy atom. The summed E-state index contributed by atoms with van der Waals surface area (Å²) in [6.07, 6.45) is 6.49. The second-order valence-electron chi connectivity index (χ2n) is 8.09. The molecule has 1 amide bonds. The Balaban J connectivity index is 1.49. The lowest BCUT2D eigenvalue weighted by Gasteiger charge is -2.26. The Bertz CT molecular complexity index is 854. The van der Waals surface area contributed by atoms with E-state index in [0.717, 1.165) is 50.0 Å². The molecule has 7 heteroatoms. The molecule has 166 valence electrons. The summed E-state index contributed by atoms with van der Waals surface area (Å²) in [5.41, 5.74) is 0.954. The van der Waals surface area contributed by atoms with Gasteiger partial charge in [0.2, 0.25) is 11.8 Å². The number of para-hydroxylation sites is 2. The van der Waals surface area contributed by atoms with Crippen molar-refractivity contribution >= 4 is 5.91 Å². The third-order valence-electron chi connectivity index (χ3n) is 5.63. The Labute approximate surface area is 183 Å². The predicted octanol–water partition coefficient (Wildman–Crippen LogP) is 3.53. The first kappa shape index (κ1) is 21.6. The summed E-state index contributed by atoms with van der Waals surface area (Å²) in [6.45, 7) is 3.87. The third kappa shape index (κ3) is 6.42. The van der Waals surface area contributed by atoms with Gasteiger partial charge < -0.3 is 19.5 Å². The Morgan fingerprint density at radius 2 is 1.87 bits per heavy atom. The highest BCUT2D eigenvalue weighted by atomic mass is 16.5. The Hall–Kier alpha value is -2.64. The summed E-state index contributed by atoms with van der Waals surface area (Å²) in [5, 5.41) is 3.17. The maximum atomic E-state index is 12.7. The zero-order valence-corrected chi connectivity index (χ0v) is 17.9. The quantitative estimate of drug-likeness (QED) is 0.811. The van der Waals surface area contributed by atoms with Crippen molar-refractivity contribution in [3.8, 4) is 17.4 Å². The van der Waals surface area contributed by atoms with Crippen LogP contribution in [0.5, 0.6) is 17.4 Å². The number of nitrogens with zero attached hydrogens (tertiary/aromatic N) is 2. The molecule has 0 radical (unpaired) electrons. The molecule has 1 aromatic carbocycles. The van der Waals surface area contributed by atoms with Gasteiger partial charge >= 0.3 is 0 Å². The molecule has 0 unspecified atom stereocenters. The predicted molar refractivity (Wildman–Crippen MR) is 117 cm³/mol. The van der Waals surface area contributed by atoms with Gasteiger partial charge in [-0.1, -0.05) is 18.2 Å². The van der Waals surface area contributed by atoms with Crippen LogP contribution in [0.15, 0.2) is 42.6 Å². The van der Waals surface area contributed by atoms with Gasteiger partial charge in [0.1, 0.15) is 0 Å². The van der Waals surface area contributed by atoms with Crippen LogP contribution in [-0.4, -0.2) is 54.7 Å². The number of pyridine rings is 1. The summed E-state index contributed by atoms with van der Waals surface area (Å²) < 4.78 is 17.5. The fourth-order valence-corrected chi connectivity index (χ4v) is 3.96. The van der Waals surface area contributed by atoms with E-state index >= 15 is 0 Å². The van der Waals surface area contributed by atoms with Gasteiger partial charge in [0.25, 0.3) is 0 Å². The van der Waals surface area contributed by atoms with Crippen molar-refractivity contribution in [2.75, 3.05) is 32.9 Å². The van der Waals surface area contributed by atoms with Gasteiger partial charge in [-0.25, -0.2) is 4.98 Å². The van der Waals surface area contributed by atoms with Gasteiger partial charge in [0.05, 0.1) is 13.2 Å². The molecule has 31 heavy (non-hydrogen) atoms. The number of carbonyl (C=O) groups excluding carboxylic acids is 1. The van der Waals surface area contributed by atoms with Crippen LogP contribution in [-0.2, 0) is 16.1 Å². The summed E-state index contributed by atoms with van der Waals surface area (Å²) in [7, 11) is 0. The monoisotopic (exact) mass is 425 g/mol. The van der Waals surface area contributed by atoms with E-state index in [1.54, 1.807) is 6.20 Å². The number of amides is 1. The van der Waals surface area contributed by atoms with E-state index in [-0.39, 0.29) is 11.9 Å². The molecule has 1 N–H and O–H groups in total. The van der Waals surface area contributed by atoms with Crippen LogP contribution in [0.3, 0.4) is 0 Å². The topological polar surface area (TPSA) is 72.9 Å². The number of aromatic nitrogens is 1. The number of ether oxygens (including phenoxy) is 3. The molecule has 2 aromatic rings. The largest absolute Gasteiger partial charge is 0.490 e. The van der Waals surface area contributed by atoms with Crippen molar-refractivity contribution < 1.29 is 19.0 Å². The van der Waals surface area contributed by atoms with Gasteiger partial charge in [-0.2, -0.15) is 0 Å². The van der Waals surface area contributed by atoms with Gasteiger partial charge in [-0.05, 0) is 56.8 Å². The fraction of sp³-hybridized carbons (Fsp3) is 0.500. The number of benzene rings is 1. The van der Waals surface area contributed by atoms with E-state index in [1.165, 1.54) is 0 Å². The van der Waals surface area contributed by atoms with Crippen molar-refractivity contribution in [2.24, 2.45) is 0 Å². The van der Waals surface area contributed by atoms with Crippen LogP contribution in [0.2, 0.25) is 0 Å². The Morgan fingerprint density at radius 1 is 1.03 bits per heavy atom. The average Bonchev–Trinajstić information content (AvgIpc) is 2.80. The van der Waals surface area contributed by atoms with Crippen molar-refractivity contribution in [3.05, 3.63) is 48.2 Å². The molecule has 0 aliphatic carbocycles. The zero-order valence-electron chi connectivity index (χ0n) is 17.9. The second kappa shape index (κ2) is 11.1. The molecule has 7 nitrogen and oxygen atoms in total.